The third-order valence-electron chi connectivity index (χ3n) is 2.30. The van der Waals surface area contributed by atoms with E-state index in [0.29, 0.717) is 11.9 Å². The first kappa shape index (κ1) is 16.7. The molecule has 0 aliphatic heterocycles. The predicted molar refractivity (Wildman–Crippen MR) is 74.2 cm³/mol. The molecule has 116 valence electrons. The van der Waals surface area contributed by atoms with Crippen LogP contribution in [0.4, 0.5) is 9.18 Å². The molecular weight excluding hydrogens is 279 g/mol. The number of ether oxygens (including phenoxy) is 1. The highest BCUT2D eigenvalue weighted by molar-refractivity contribution is 5.94. The second-order valence-corrected chi connectivity index (χ2v) is 5.51. The average Bonchev–Trinajstić information content (AvgIpc) is 2.80. The molecular formula is C13H19FN4O3. The van der Waals surface area contributed by atoms with Gasteiger partial charge >= 0.3 is 6.09 Å². The molecule has 1 heterocycles. The number of rotatable bonds is 5. The van der Waals surface area contributed by atoms with E-state index in [9.17, 15) is 14.0 Å². The van der Waals surface area contributed by atoms with Crippen molar-refractivity contribution in [1.82, 2.24) is 15.1 Å². The predicted octanol–water partition coefficient (Wildman–Crippen LogP) is 1.36. The van der Waals surface area contributed by atoms with E-state index in [4.69, 9.17) is 5.73 Å². The monoisotopic (exact) mass is 298 g/mol. The van der Waals surface area contributed by atoms with E-state index in [1.54, 1.807) is 0 Å². The Morgan fingerprint density at radius 2 is 2.19 bits per heavy atom. The number of primary amides is 1. The molecule has 1 rings (SSSR count). The van der Waals surface area contributed by atoms with Crippen LogP contribution >= 0.6 is 0 Å². The minimum absolute atomic E-state index is 0.0482. The molecule has 0 radical (unpaired) electrons. The van der Waals surface area contributed by atoms with Crippen LogP contribution in [0.3, 0.4) is 0 Å². The minimum atomic E-state index is -0.986. The molecule has 0 unspecified atom stereocenters. The number of amides is 2. The highest BCUT2D eigenvalue weighted by Crippen LogP contribution is 2.06. The standard InChI is InChI=1S/C13H19FN4O3/c1-13(2,3)17-11(19)10-5-16-18(7-10)6-9(4-14)8-21-12(15)20/h4-5,7H,6,8H2,1-3H3,(H2,15,20)(H,17,19)/b9-4+. The van der Waals surface area contributed by atoms with Crippen molar-refractivity contribution in [3.8, 4) is 0 Å². The molecule has 1 aromatic heterocycles. The average molecular weight is 298 g/mol. The van der Waals surface area contributed by atoms with Gasteiger partial charge in [-0.3, -0.25) is 9.48 Å². The Balaban J connectivity index is 2.66. The van der Waals surface area contributed by atoms with Crippen molar-refractivity contribution in [1.29, 1.82) is 0 Å². The Bertz CT molecular complexity index is 546. The molecule has 2 amide bonds. The molecule has 0 spiro atoms. The van der Waals surface area contributed by atoms with Crippen molar-refractivity contribution in [3.63, 3.8) is 0 Å². The van der Waals surface area contributed by atoms with E-state index >= 15 is 0 Å². The van der Waals surface area contributed by atoms with E-state index in [2.05, 4.69) is 15.2 Å². The third-order valence-corrected chi connectivity index (χ3v) is 2.30. The zero-order valence-electron chi connectivity index (χ0n) is 12.2. The van der Waals surface area contributed by atoms with Gasteiger partial charge in [-0.2, -0.15) is 5.10 Å². The number of carbonyl (C=O) groups is 2. The van der Waals surface area contributed by atoms with Gasteiger partial charge in [-0.1, -0.05) is 0 Å². The Kier molecular flexibility index (Phi) is 5.45. The van der Waals surface area contributed by atoms with Crippen molar-refractivity contribution in [2.24, 2.45) is 5.73 Å². The van der Waals surface area contributed by atoms with Crippen LogP contribution < -0.4 is 11.1 Å². The molecule has 0 atom stereocenters. The molecule has 7 nitrogen and oxygen atoms in total. The van der Waals surface area contributed by atoms with Crippen LogP contribution in [0.2, 0.25) is 0 Å². The van der Waals surface area contributed by atoms with Gasteiger partial charge in [0.05, 0.1) is 24.6 Å². The first-order valence-electron chi connectivity index (χ1n) is 6.26. The molecule has 21 heavy (non-hydrogen) atoms. The Morgan fingerprint density at radius 1 is 1.52 bits per heavy atom. The van der Waals surface area contributed by atoms with Gasteiger partial charge in [-0.15, -0.1) is 0 Å². The van der Waals surface area contributed by atoms with Gasteiger partial charge in [-0.05, 0) is 20.8 Å². The van der Waals surface area contributed by atoms with E-state index in [1.165, 1.54) is 17.1 Å². The maximum absolute atomic E-state index is 12.7. The van der Waals surface area contributed by atoms with Crippen LogP contribution in [0.15, 0.2) is 24.3 Å². The van der Waals surface area contributed by atoms with Crippen LogP contribution in [-0.2, 0) is 11.3 Å². The lowest BCUT2D eigenvalue weighted by atomic mass is 10.1. The number of nitrogens with two attached hydrogens (primary N) is 1. The lowest BCUT2D eigenvalue weighted by Crippen LogP contribution is -2.40. The van der Waals surface area contributed by atoms with Crippen LogP contribution in [-0.4, -0.2) is 33.9 Å². The Hall–Kier alpha value is -2.38. The fourth-order valence-corrected chi connectivity index (χ4v) is 1.46. The van der Waals surface area contributed by atoms with Crippen molar-refractivity contribution in [2.45, 2.75) is 32.9 Å². The largest absolute Gasteiger partial charge is 0.445 e. The van der Waals surface area contributed by atoms with Gasteiger partial charge in [0.25, 0.3) is 5.91 Å². The fourth-order valence-electron chi connectivity index (χ4n) is 1.46. The quantitative estimate of drug-likeness (QED) is 0.857. The summed E-state index contributed by atoms with van der Waals surface area (Å²) in [6.45, 7) is 5.36. The van der Waals surface area contributed by atoms with Crippen molar-refractivity contribution in [2.75, 3.05) is 6.61 Å². The number of aromatic nitrogens is 2. The summed E-state index contributed by atoms with van der Waals surface area (Å²) in [5.74, 6) is -0.270. The molecule has 0 saturated carbocycles. The third kappa shape index (κ3) is 6.07. The number of halogens is 1. The maximum atomic E-state index is 12.7. The molecule has 0 aliphatic rings. The molecule has 8 heteroatoms. The summed E-state index contributed by atoms with van der Waals surface area (Å²) in [6.07, 6.45) is 2.19. The topological polar surface area (TPSA) is 99.2 Å². The molecule has 1 aromatic rings. The van der Waals surface area contributed by atoms with Crippen molar-refractivity contribution >= 4 is 12.0 Å². The number of carbonyl (C=O) groups excluding carboxylic acids is 2. The van der Waals surface area contributed by atoms with Crippen LogP contribution in [0.25, 0.3) is 0 Å². The Morgan fingerprint density at radius 3 is 2.71 bits per heavy atom. The van der Waals surface area contributed by atoms with Gasteiger partial charge in [0.15, 0.2) is 0 Å². The summed E-state index contributed by atoms with van der Waals surface area (Å²) in [4.78, 5) is 22.4. The van der Waals surface area contributed by atoms with Crippen LogP contribution in [0.1, 0.15) is 31.1 Å². The van der Waals surface area contributed by atoms with E-state index in [-0.39, 0.29) is 30.2 Å². The highest BCUT2D eigenvalue weighted by Gasteiger charge is 2.16. The summed E-state index contributed by atoms with van der Waals surface area (Å²) >= 11 is 0. The smallest absolute Gasteiger partial charge is 0.404 e. The van der Waals surface area contributed by atoms with Gasteiger partial charge in [0, 0.05) is 17.3 Å². The zero-order chi connectivity index (χ0) is 16.0. The molecule has 0 bridgehead atoms. The normalized spacial score (nSPS) is 12.1. The first-order chi connectivity index (χ1) is 9.71. The van der Waals surface area contributed by atoms with E-state index in [0.717, 1.165) is 0 Å². The number of hydrogen-bond donors (Lipinski definition) is 2. The van der Waals surface area contributed by atoms with Gasteiger partial charge in [0.1, 0.15) is 6.61 Å². The molecule has 0 aliphatic carbocycles. The number of hydrogen-bond acceptors (Lipinski definition) is 4. The summed E-state index contributed by atoms with van der Waals surface area (Å²) in [5.41, 5.74) is 4.97. The van der Waals surface area contributed by atoms with Crippen LogP contribution in [0, 0.1) is 0 Å². The van der Waals surface area contributed by atoms with Gasteiger partial charge < -0.3 is 15.8 Å². The first-order valence-corrected chi connectivity index (χ1v) is 6.26. The summed E-state index contributed by atoms with van der Waals surface area (Å²) in [5, 5.41) is 6.75. The highest BCUT2D eigenvalue weighted by atomic mass is 19.1. The zero-order valence-corrected chi connectivity index (χ0v) is 12.2. The lowest BCUT2D eigenvalue weighted by Gasteiger charge is -2.19. The fraction of sp³-hybridized carbons (Fsp3) is 0.462. The van der Waals surface area contributed by atoms with Gasteiger partial charge in [-0.25, -0.2) is 9.18 Å². The summed E-state index contributed by atoms with van der Waals surface area (Å²) < 4.78 is 18.5. The maximum Gasteiger partial charge on any atom is 0.404 e. The molecule has 0 fully saturated rings. The second kappa shape index (κ2) is 6.87. The van der Waals surface area contributed by atoms with Crippen molar-refractivity contribution in [3.05, 3.63) is 29.9 Å². The second-order valence-electron chi connectivity index (χ2n) is 5.51. The molecule has 0 saturated heterocycles. The summed E-state index contributed by atoms with van der Waals surface area (Å²) in [6, 6.07) is 0. The van der Waals surface area contributed by atoms with E-state index < -0.39 is 6.09 Å². The number of nitrogens with one attached hydrogen (secondary N) is 1. The van der Waals surface area contributed by atoms with E-state index in [1.807, 2.05) is 20.8 Å². The molecule has 3 N–H and O–H groups in total. The SMILES string of the molecule is CC(C)(C)NC(=O)c1cnn(C/C(=C\F)COC(N)=O)c1. The Labute approximate surface area is 121 Å². The lowest BCUT2D eigenvalue weighted by molar-refractivity contribution is 0.0919. The van der Waals surface area contributed by atoms with Gasteiger partial charge in [0.2, 0.25) is 0 Å². The minimum Gasteiger partial charge on any atom is -0.445 e. The van der Waals surface area contributed by atoms with Crippen molar-refractivity contribution < 1.29 is 18.7 Å². The molecule has 0 aromatic carbocycles. The van der Waals surface area contributed by atoms with Crippen LogP contribution in [0.5, 0.6) is 0 Å². The number of nitrogens with zero attached hydrogens (tertiary/aromatic N) is 2. The summed E-state index contributed by atoms with van der Waals surface area (Å²) in [7, 11) is 0.